The molecule has 0 aromatic heterocycles. The van der Waals surface area contributed by atoms with Crippen LogP contribution in [-0.4, -0.2) is 6.54 Å². The van der Waals surface area contributed by atoms with Crippen LogP contribution in [0, 0.1) is 0 Å². The summed E-state index contributed by atoms with van der Waals surface area (Å²) in [5.41, 5.74) is 2.94. The molecule has 84 valence electrons. The Labute approximate surface area is 82.7 Å². The van der Waals surface area contributed by atoms with Gasteiger partial charge in [-0.3, -0.25) is 0 Å². The molecule has 0 unspecified atom stereocenters. The van der Waals surface area contributed by atoms with E-state index in [1.54, 1.807) is 0 Å². The van der Waals surface area contributed by atoms with Gasteiger partial charge in [-0.1, -0.05) is 12.1 Å². The first-order valence-electron chi connectivity index (χ1n) is 4.03. The predicted molar refractivity (Wildman–Crippen MR) is 44.4 cm³/mol. The van der Waals surface area contributed by atoms with Crippen molar-refractivity contribution >= 4 is 0 Å². The number of hydrogen-bond acceptors (Lipinski definition) is 1. The van der Waals surface area contributed by atoms with Crippen LogP contribution in [0.15, 0.2) is 24.3 Å². The molecule has 0 spiro atoms. The fraction of sp³-hybridized carbons (Fsp3) is 0.333. The second kappa shape index (κ2) is 3.77. The van der Waals surface area contributed by atoms with E-state index in [2.05, 4.69) is 0 Å². The average Bonchev–Trinajstić information content (AvgIpc) is 2.17. The highest BCUT2D eigenvalue weighted by Gasteiger charge is 2.35. The third-order valence-electron chi connectivity index (χ3n) is 1.87. The van der Waals surface area contributed by atoms with Crippen LogP contribution in [0.4, 0.5) is 22.0 Å². The van der Waals surface area contributed by atoms with Gasteiger partial charge in [-0.05, 0) is 12.1 Å². The first kappa shape index (κ1) is 11.9. The van der Waals surface area contributed by atoms with E-state index in [0.717, 1.165) is 18.2 Å². The molecule has 0 atom stereocenters. The van der Waals surface area contributed by atoms with Crippen LogP contribution in [0.3, 0.4) is 0 Å². The standard InChI is InChI=1S/C9H8F5N/c10-8(11,5-15)6-2-1-3-7(4-6)9(12,13)14/h1-4H,5,15H2. The molecule has 0 bridgehead atoms. The zero-order chi connectivity index (χ0) is 11.7. The summed E-state index contributed by atoms with van der Waals surface area (Å²) in [6.45, 7) is -1.02. The molecule has 1 aromatic carbocycles. The monoisotopic (exact) mass is 225 g/mol. The van der Waals surface area contributed by atoms with Gasteiger partial charge in [0.2, 0.25) is 0 Å². The van der Waals surface area contributed by atoms with Crippen molar-refractivity contribution in [1.82, 2.24) is 0 Å². The number of halogens is 5. The fourth-order valence-corrected chi connectivity index (χ4v) is 1.04. The molecule has 2 N–H and O–H groups in total. The smallest absolute Gasteiger partial charge is 0.325 e. The van der Waals surface area contributed by atoms with E-state index in [1.165, 1.54) is 0 Å². The van der Waals surface area contributed by atoms with Crippen molar-refractivity contribution < 1.29 is 22.0 Å². The SMILES string of the molecule is NCC(F)(F)c1cccc(C(F)(F)F)c1. The van der Waals surface area contributed by atoms with Crippen LogP contribution in [0.2, 0.25) is 0 Å². The molecule has 1 aromatic rings. The zero-order valence-electron chi connectivity index (χ0n) is 7.48. The van der Waals surface area contributed by atoms with Gasteiger partial charge in [0.1, 0.15) is 0 Å². The van der Waals surface area contributed by atoms with Crippen molar-refractivity contribution in [3.63, 3.8) is 0 Å². The number of nitrogens with two attached hydrogens (primary N) is 1. The minimum Gasteiger partial charge on any atom is -0.325 e. The Balaban J connectivity index is 3.14. The van der Waals surface area contributed by atoms with Crippen molar-refractivity contribution in [2.75, 3.05) is 6.54 Å². The molecule has 0 fully saturated rings. The molecule has 0 aliphatic carbocycles. The third kappa shape index (κ3) is 2.65. The molecule has 6 heteroatoms. The van der Waals surface area contributed by atoms with E-state index in [9.17, 15) is 22.0 Å². The highest BCUT2D eigenvalue weighted by Crippen LogP contribution is 2.33. The summed E-state index contributed by atoms with van der Waals surface area (Å²) < 4.78 is 62.5. The predicted octanol–water partition coefficient (Wildman–Crippen LogP) is 2.76. The van der Waals surface area contributed by atoms with Crippen LogP contribution in [0.1, 0.15) is 11.1 Å². The second-order valence-electron chi connectivity index (χ2n) is 2.99. The fourth-order valence-electron chi connectivity index (χ4n) is 1.04. The van der Waals surface area contributed by atoms with Crippen LogP contribution in [0.5, 0.6) is 0 Å². The van der Waals surface area contributed by atoms with Crippen molar-refractivity contribution in [1.29, 1.82) is 0 Å². The molecule has 0 amide bonds. The Hall–Kier alpha value is -1.17. The Bertz CT molecular complexity index is 345. The van der Waals surface area contributed by atoms with Gasteiger partial charge < -0.3 is 5.73 Å². The largest absolute Gasteiger partial charge is 0.416 e. The van der Waals surface area contributed by atoms with Crippen LogP contribution in [-0.2, 0) is 12.1 Å². The minimum absolute atomic E-state index is 0.410. The molecule has 15 heavy (non-hydrogen) atoms. The molecule has 0 aliphatic rings. The van der Waals surface area contributed by atoms with Crippen molar-refractivity contribution in [2.24, 2.45) is 5.73 Å². The van der Waals surface area contributed by atoms with Crippen LogP contribution >= 0.6 is 0 Å². The summed E-state index contributed by atoms with van der Waals surface area (Å²) in [5.74, 6) is -3.43. The highest BCUT2D eigenvalue weighted by molar-refractivity contribution is 5.28. The zero-order valence-corrected chi connectivity index (χ0v) is 7.48. The first-order valence-corrected chi connectivity index (χ1v) is 4.03. The van der Waals surface area contributed by atoms with Crippen molar-refractivity contribution in [3.8, 4) is 0 Å². The summed E-state index contributed by atoms with van der Waals surface area (Å²) in [5, 5.41) is 0. The Morgan fingerprint density at radius 2 is 1.53 bits per heavy atom. The van der Waals surface area contributed by atoms with Gasteiger partial charge in [0.25, 0.3) is 5.92 Å². The van der Waals surface area contributed by atoms with Gasteiger partial charge in [0, 0.05) is 5.56 Å². The molecular formula is C9H8F5N. The van der Waals surface area contributed by atoms with Gasteiger partial charge in [-0.2, -0.15) is 22.0 Å². The lowest BCUT2D eigenvalue weighted by Crippen LogP contribution is -2.25. The van der Waals surface area contributed by atoms with Crippen LogP contribution < -0.4 is 5.73 Å². The molecule has 0 saturated heterocycles. The molecular weight excluding hydrogens is 217 g/mol. The van der Waals surface area contributed by atoms with E-state index in [-0.39, 0.29) is 0 Å². The van der Waals surface area contributed by atoms with Gasteiger partial charge in [0.15, 0.2) is 0 Å². The van der Waals surface area contributed by atoms with E-state index >= 15 is 0 Å². The third-order valence-corrected chi connectivity index (χ3v) is 1.87. The normalized spacial score (nSPS) is 12.9. The number of alkyl halides is 5. The Morgan fingerprint density at radius 1 is 1.00 bits per heavy atom. The summed E-state index contributed by atoms with van der Waals surface area (Å²) in [6.07, 6.45) is -4.62. The highest BCUT2D eigenvalue weighted by atomic mass is 19.4. The summed E-state index contributed by atoms with van der Waals surface area (Å²) in [4.78, 5) is 0. The van der Waals surface area contributed by atoms with E-state index in [4.69, 9.17) is 5.73 Å². The van der Waals surface area contributed by atoms with Gasteiger partial charge in [0.05, 0.1) is 12.1 Å². The number of hydrogen-bond donors (Lipinski definition) is 1. The van der Waals surface area contributed by atoms with E-state index < -0.39 is 29.8 Å². The topological polar surface area (TPSA) is 26.0 Å². The maximum Gasteiger partial charge on any atom is 0.416 e. The van der Waals surface area contributed by atoms with Gasteiger partial charge in [-0.25, -0.2) is 0 Å². The van der Waals surface area contributed by atoms with Crippen molar-refractivity contribution in [3.05, 3.63) is 35.4 Å². The summed E-state index contributed by atoms with van der Waals surface area (Å²) in [7, 11) is 0. The quantitative estimate of drug-likeness (QED) is 0.769. The van der Waals surface area contributed by atoms with Gasteiger partial charge >= 0.3 is 6.18 Å². The molecule has 1 rings (SSSR count). The molecule has 0 saturated carbocycles. The summed E-state index contributed by atoms with van der Waals surface area (Å²) in [6, 6.07) is 2.99. The van der Waals surface area contributed by atoms with Crippen molar-refractivity contribution in [2.45, 2.75) is 12.1 Å². The average molecular weight is 225 g/mol. The van der Waals surface area contributed by atoms with E-state index in [0.29, 0.717) is 6.07 Å². The number of benzene rings is 1. The molecule has 0 aliphatic heterocycles. The lowest BCUT2D eigenvalue weighted by Gasteiger charge is -2.15. The minimum atomic E-state index is -4.62. The van der Waals surface area contributed by atoms with E-state index in [1.807, 2.05) is 0 Å². The molecule has 1 nitrogen and oxygen atoms in total. The second-order valence-corrected chi connectivity index (χ2v) is 2.99. The lowest BCUT2D eigenvalue weighted by molar-refractivity contribution is -0.137. The Morgan fingerprint density at radius 3 is 2.00 bits per heavy atom. The maximum absolute atomic E-state index is 13.0. The molecule has 0 heterocycles. The number of rotatable bonds is 2. The first-order chi connectivity index (χ1) is 6.77. The summed E-state index contributed by atoms with van der Waals surface area (Å²) >= 11 is 0. The van der Waals surface area contributed by atoms with Gasteiger partial charge in [-0.15, -0.1) is 0 Å². The molecule has 0 radical (unpaired) electrons. The Kier molecular flexibility index (Phi) is 2.99. The lowest BCUT2D eigenvalue weighted by atomic mass is 10.1. The van der Waals surface area contributed by atoms with Crippen LogP contribution in [0.25, 0.3) is 0 Å². The maximum atomic E-state index is 13.0.